The maximum atomic E-state index is 12.8. The predicted octanol–water partition coefficient (Wildman–Crippen LogP) is 7.60. The van der Waals surface area contributed by atoms with Gasteiger partial charge in [-0.1, -0.05) is 70.7 Å². The Kier molecular flexibility index (Phi) is 5.41. The Hall–Kier alpha value is -2.30. The van der Waals surface area contributed by atoms with Gasteiger partial charge in [-0.25, -0.2) is 9.59 Å². The third-order valence-corrected chi connectivity index (χ3v) is 5.76. The number of hydrogen-bond donors (Lipinski definition) is 0. The Bertz CT molecular complexity index is 1200. The summed E-state index contributed by atoms with van der Waals surface area (Å²) >= 11 is 24.8. The largest absolute Gasteiger partial charge is 0.386 e. The van der Waals surface area contributed by atoms with Crippen molar-refractivity contribution >= 4 is 79.9 Å². The first-order chi connectivity index (χ1) is 13.9. The van der Waals surface area contributed by atoms with E-state index in [1.54, 1.807) is 36.4 Å². The van der Waals surface area contributed by atoms with E-state index in [1.807, 2.05) is 0 Å². The number of hydrogen-bond acceptors (Lipinski definition) is 3. The second-order valence-corrected chi connectivity index (χ2v) is 7.82. The van der Waals surface area contributed by atoms with Gasteiger partial charge in [-0.15, -0.1) is 0 Å². The smallest absolute Gasteiger partial charge is 0.346 e. The first kappa shape index (κ1) is 20.0. The van der Waals surface area contributed by atoms with Crippen LogP contribution in [0.15, 0.2) is 60.7 Å². The molecule has 0 saturated carbocycles. The van der Waals surface area contributed by atoms with Gasteiger partial charge in [0.2, 0.25) is 0 Å². The summed E-state index contributed by atoms with van der Waals surface area (Å²) in [5.41, 5.74) is 0.355. The molecule has 0 atom stereocenters. The van der Waals surface area contributed by atoms with Crippen LogP contribution in [0.1, 0.15) is 20.7 Å². The molecule has 144 valence electrons. The summed E-state index contributed by atoms with van der Waals surface area (Å²) in [4.78, 5) is 25.5. The second kappa shape index (κ2) is 7.85. The van der Waals surface area contributed by atoms with Crippen molar-refractivity contribution < 1.29 is 14.3 Å². The molecule has 0 radical (unpaired) electrons. The van der Waals surface area contributed by atoms with E-state index >= 15 is 0 Å². The molecule has 0 saturated heterocycles. The van der Waals surface area contributed by atoms with Crippen molar-refractivity contribution in [3.63, 3.8) is 0 Å². The van der Waals surface area contributed by atoms with Crippen LogP contribution in [0.3, 0.4) is 0 Å². The molecule has 29 heavy (non-hydrogen) atoms. The van der Waals surface area contributed by atoms with Gasteiger partial charge in [0.05, 0.1) is 11.1 Å². The molecule has 4 rings (SSSR count). The van der Waals surface area contributed by atoms with Crippen LogP contribution in [-0.2, 0) is 4.74 Å². The van der Waals surface area contributed by atoms with Gasteiger partial charge in [0.15, 0.2) is 0 Å². The van der Waals surface area contributed by atoms with Crippen LogP contribution in [-0.4, -0.2) is 11.9 Å². The van der Waals surface area contributed by atoms with Gasteiger partial charge in [-0.2, -0.15) is 0 Å². The lowest BCUT2D eigenvalue weighted by atomic mass is 10.0. The number of esters is 2. The zero-order valence-electron chi connectivity index (χ0n) is 14.5. The van der Waals surface area contributed by atoms with Crippen LogP contribution in [0.25, 0.3) is 21.5 Å². The third-order valence-electron chi connectivity index (χ3n) is 4.50. The highest BCUT2D eigenvalue weighted by atomic mass is 35.5. The molecule has 3 nitrogen and oxygen atoms in total. The summed E-state index contributed by atoms with van der Waals surface area (Å²) in [7, 11) is 0. The number of ether oxygens (including phenoxy) is 1. The van der Waals surface area contributed by atoms with E-state index in [-0.39, 0.29) is 11.1 Å². The summed E-state index contributed by atoms with van der Waals surface area (Å²) in [5, 5.41) is 3.60. The molecule has 4 aromatic carbocycles. The van der Waals surface area contributed by atoms with E-state index in [0.29, 0.717) is 41.6 Å². The highest BCUT2D eigenvalue weighted by Gasteiger charge is 2.21. The Morgan fingerprint density at radius 1 is 0.552 bits per heavy atom. The Morgan fingerprint density at radius 3 is 1.34 bits per heavy atom. The van der Waals surface area contributed by atoms with Gasteiger partial charge in [-0.05, 0) is 47.2 Å². The van der Waals surface area contributed by atoms with Gasteiger partial charge in [0, 0.05) is 30.9 Å². The SMILES string of the molecule is O=C(OC(=O)c1ccc(Cl)c2c(Cl)cccc12)c1ccc(Cl)c2c(Cl)cccc12. The maximum absolute atomic E-state index is 12.8. The minimum atomic E-state index is -0.816. The topological polar surface area (TPSA) is 43.4 Å². The Labute approximate surface area is 185 Å². The van der Waals surface area contributed by atoms with Crippen molar-refractivity contribution in [1.82, 2.24) is 0 Å². The van der Waals surface area contributed by atoms with E-state index in [1.165, 1.54) is 24.3 Å². The summed E-state index contributed by atoms with van der Waals surface area (Å²) in [6.45, 7) is 0. The molecule has 0 unspecified atom stereocenters. The van der Waals surface area contributed by atoms with Crippen molar-refractivity contribution in [3.8, 4) is 0 Å². The Morgan fingerprint density at radius 2 is 0.931 bits per heavy atom. The van der Waals surface area contributed by atoms with Crippen LogP contribution in [0, 0.1) is 0 Å². The molecule has 0 aliphatic carbocycles. The molecule has 0 aliphatic heterocycles. The van der Waals surface area contributed by atoms with Gasteiger partial charge in [0.25, 0.3) is 0 Å². The zero-order valence-corrected chi connectivity index (χ0v) is 17.5. The fourth-order valence-corrected chi connectivity index (χ4v) is 4.37. The zero-order chi connectivity index (χ0) is 20.7. The molecule has 0 bridgehead atoms. The normalized spacial score (nSPS) is 11.0. The molecule has 0 amide bonds. The molecule has 0 fully saturated rings. The molecule has 4 aromatic rings. The van der Waals surface area contributed by atoms with Gasteiger partial charge in [0.1, 0.15) is 0 Å². The predicted molar refractivity (Wildman–Crippen MR) is 118 cm³/mol. The average molecular weight is 464 g/mol. The molecular formula is C22H10Cl4O3. The third kappa shape index (κ3) is 3.56. The molecule has 0 aromatic heterocycles. The highest BCUT2D eigenvalue weighted by Crippen LogP contribution is 2.34. The van der Waals surface area contributed by atoms with Crippen molar-refractivity contribution in [1.29, 1.82) is 0 Å². The van der Waals surface area contributed by atoms with Crippen LogP contribution < -0.4 is 0 Å². The standard InChI is InChI=1S/C22H10Cl4O3/c23-15-5-1-3-11-13(7-9-17(25)19(11)15)21(27)29-22(28)14-8-10-18(26)20-12(14)4-2-6-16(20)24/h1-10H. The van der Waals surface area contributed by atoms with E-state index in [0.717, 1.165) is 0 Å². The quantitative estimate of drug-likeness (QED) is 0.227. The van der Waals surface area contributed by atoms with Gasteiger partial charge in [-0.3, -0.25) is 0 Å². The first-order valence-corrected chi connectivity index (χ1v) is 9.89. The van der Waals surface area contributed by atoms with Crippen LogP contribution in [0.2, 0.25) is 20.1 Å². The van der Waals surface area contributed by atoms with Crippen LogP contribution in [0.5, 0.6) is 0 Å². The van der Waals surface area contributed by atoms with Crippen LogP contribution >= 0.6 is 46.4 Å². The molecule has 0 aliphatic rings. The molecule has 7 heteroatoms. The van der Waals surface area contributed by atoms with Gasteiger partial charge >= 0.3 is 11.9 Å². The van der Waals surface area contributed by atoms with Crippen molar-refractivity contribution in [2.45, 2.75) is 0 Å². The first-order valence-electron chi connectivity index (χ1n) is 8.38. The fraction of sp³-hybridized carbons (Fsp3) is 0. The average Bonchev–Trinajstić information content (AvgIpc) is 2.68. The van der Waals surface area contributed by atoms with Crippen LogP contribution in [0.4, 0.5) is 0 Å². The van der Waals surface area contributed by atoms with E-state index < -0.39 is 11.9 Å². The number of rotatable bonds is 2. The maximum Gasteiger partial charge on any atom is 0.346 e. The van der Waals surface area contributed by atoms with E-state index in [4.69, 9.17) is 51.1 Å². The summed E-state index contributed by atoms with van der Waals surface area (Å²) < 4.78 is 5.15. The minimum Gasteiger partial charge on any atom is -0.386 e. The Balaban J connectivity index is 1.75. The number of fused-ring (bicyclic) bond motifs is 2. The van der Waals surface area contributed by atoms with Crippen molar-refractivity contribution in [2.24, 2.45) is 0 Å². The number of benzene rings is 4. The molecule has 0 heterocycles. The summed E-state index contributed by atoms with van der Waals surface area (Å²) in [5.74, 6) is -1.63. The van der Waals surface area contributed by atoms with Crippen molar-refractivity contribution in [2.75, 3.05) is 0 Å². The lowest BCUT2D eigenvalue weighted by Gasteiger charge is -2.11. The monoisotopic (exact) mass is 462 g/mol. The van der Waals surface area contributed by atoms with E-state index in [9.17, 15) is 9.59 Å². The molecular weight excluding hydrogens is 454 g/mol. The van der Waals surface area contributed by atoms with E-state index in [2.05, 4.69) is 0 Å². The number of carbonyl (C=O) groups excluding carboxylic acids is 2. The number of halogens is 4. The lowest BCUT2D eigenvalue weighted by molar-refractivity contribution is 0.0400. The number of carbonyl (C=O) groups is 2. The fourth-order valence-electron chi connectivity index (χ4n) is 3.19. The highest BCUT2D eigenvalue weighted by molar-refractivity contribution is 6.43. The van der Waals surface area contributed by atoms with Gasteiger partial charge < -0.3 is 4.74 Å². The summed E-state index contributed by atoms with van der Waals surface area (Å²) in [6.07, 6.45) is 0. The minimum absolute atomic E-state index is 0.177. The van der Waals surface area contributed by atoms with Crippen molar-refractivity contribution in [3.05, 3.63) is 91.9 Å². The lowest BCUT2D eigenvalue weighted by Crippen LogP contribution is -2.13. The summed E-state index contributed by atoms with van der Waals surface area (Å²) in [6, 6.07) is 16.1. The second-order valence-electron chi connectivity index (χ2n) is 6.19. The molecule has 0 spiro atoms. The molecule has 0 N–H and O–H groups in total.